The summed E-state index contributed by atoms with van der Waals surface area (Å²) in [4.78, 5) is 26.7. The Balaban J connectivity index is 1.86. The van der Waals surface area contributed by atoms with Crippen LogP contribution in [0.1, 0.15) is 25.7 Å². The third-order valence-electron chi connectivity index (χ3n) is 4.80. The minimum Gasteiger partial charge on any atom is -0.497 e. The first-order valence-electron chi connectivity index (χ1n) is 9.20. The maximum absolute atomic E-state index is 12.6. The van der Waals surface area contributed by atoms with E-state index in [4.69, 9.17) is 9.47 Å². The maximum atomic E-state index is 12.6. The minimum absolute atomic E-state index is 0.0505. The van der Waals surface area contributed by atoms with E-state index in [2.05, 4.69) is 5.10 Å². The van der Waals surface area contributed by atoms with Crippen molar-refractivity contribution < 1.29 is 14.3 Å². The second-order valence-corrected chi connectivity index (χ2v) is 6.58. The molecule has 1 fully saturated rings. The zero-order valence-corrected chi connectivity index (χ0v) is 15.8. The van der Waals surface area contributed by atoms with Crippen molar-refractivity contribution in [1.29, 1.82) is 0 Å². The largest absolute Gasteiger partial charge is 0.497 e. The van der Waals surface area contributed by atoms with Crippen LogP contribution in [0.25, 0.3) is 11.3 Å². The van der Waals surface area contributed by atoms with Crippen molar-refractivity contribution in [2.75, 3.05) is 27.3 Å². The molecule has 0 aliphatic carbocycles. The van der Waals surface area contributed by atoms with E-state index in [1.807, 2.05) is 11.0 Å². The number of ether oxygens (including phenoxy) is 2. The molecule has 0 spiro atoms. The SMILES string of the molecule is COc1ccc(-c2ccc(=O)n(CC(=O)N3CCCCCC3)n2)c(OC)c1. The molecule has 0 saturated carbocycles. The molecule has 1 aromatic carbocycles. The number of benzene rings is 1. The van der Waals surface area contributed by atoms with Crippen LogP contribution in [0, 0.1) is 0 Å². The molecule has 1 aliphatic heterocycles. The van der Waals surface area contributed by atoms with Crippen LogP contribution >= 0.6 is 0 Å². The van der Waals surface area contributed by atoms with E-state index in [1.54, 1.807) is 32.4 Å². The Morgan fingerprint density at radius 3 is 2.44 bits per heavy atom. The highest BCUT2D eigenvalue weighted by Crippen LogP contribution is 2.31. The lowest BCUT2D eigenvalue weighted by atomic mass is 10.1. The second-order valence-electron chi connectivity index (χ2n) is 6.58. The summed E-state index contributed by atoms with van der Waals surface area (Å²) >= 11 is 0. The van der Waals surface area contributed by atoms with Gasteiger partial charge >= 0.3 is 0 Å². The first-order chi connectivity index (χ1) is 13.1. The van der Waals surface area contributed by atoms with Gasteiger partial charge in [0.1, 0.15) is 18.0 Å². The van der Waals surface area contributed by atoms with Gasteiger partial charge in [-0.2, -0.15) is 5.10 Å². The monoisotopic (exact) mass is 371 g/mol. The quantitative estimate of drug-likeness (QED) is 0.806. The number of amides is 1. The van der Waals surface area contributed by atoms with Gasteiger partial charge in [-0.3, -0.25) is 9.59 Å². The summed E-state index contributed by atoms with van der Waals surface area (Å²) in [6.45, 7) is 1.45. The Morgan fingerprint density at radius 1 is 1.04 bits per heavy atom. The highest BCUT2D eigenvalue weighted by molar-refractivity contribution is 5.76. The molecule has 144 valence electrons. The molecule has 1 aliphatic rings. The smallest absolute Gasteiger partial charge is 0.267 e. The van der Waals surface area contributed by atoms with Crippen molar-refractivity contribution in [1.82, 2.24) is 14.7 Å². The van der Waals surface area contributed by atoms with Crippen molar-refractivity contribution in [2.45, 2.75) is 32.2 Å². The number of rotatable bonds is 5. The average molecular weight is 371 g/mol. The van der Waals surface area contributed by atoms with Gasteiger partial charge in [-0.05, 0) is 31.0 Å². The Bertz CT molecular complexity index is 855. The number of hydrogen-bond donors (Lipinski definition) is 0. The Kier molecular flexibility index (Phi) is 6.11. The molecule has 0 N–H and O–H groups in total. The summed E-state index contributed by atoms with van der Waals surface area (Å²) in [5.74, 6) is 1.19. The third-order valence-corrected chi connectivity index (χ3v) is 4.80. The molecule has 0 radical (unpaired) electrons. The van der Waals surface area contributed by atoms with Crippen LogP contribution in [0.5, 0.6) is 11.5 Å². The molecular weight excluding hydrogens is 346 g/mol. The van der Waals surface area contributed by atoms with Gasteiger partial charge in [0, 0.05) is 30.8 Å². The fourth-order valence-electron chi connectivity index (χ4n) is 3.26. The van der Waals surface area contributed by atoms with Crippen LogP contribution < -0.4 is 15.0 Å². The van der Waals surface area contributed by atoms with Gasteiger partial charge in [0.15, 0.2) is 0 Å². The van der Waals surface area contributed by atoms with E-state index in [-0.39, 0.29) is 18.0 Å². The summed E-state index contributed by atoms with van der Waals surface area (Å²) < 4.78 is 11.9. The fraction of sp³-hybridized carbons (Fsp3) is 0.450. The zero-order chi connectivity index (χ0) is 19.2. The first-order valence-corrected chi connectivity index (χ1v) is 9.20. The molecule has 0 atom stereocenters. The van der Waals surface area contributed by atoms with Gasteiger partial charge in [0.2, 0.25) is 5.91 Å². The molecule has 2 heterocycles. The third kappa shape index (κ3) is 4.48. The van der Waals surface area contributed by atoms with Gasteiger partial charge in [-0.25, -0.2) is 4.68 Å². The number of likely N-dealkylation sites (tertiary alicyclic amines) is 1. The van der Waals surface area contributed by atoms with Crippen molar-refractivity contribution in [3.63, 3.8) is 0 Å². The molecule has 7 nitrogen and oxygen atoms in total. The molecule has 3 rings (SSSR count). The van der Waals surface area contributed by atoms with Crippen LogP contribution in [-0.4, -0.2) is 47.9 Å². The van der Waals surface area contributed by atoms with E-state index in [1.165, 1.54) is 10.7 Å². The summed E-state index contributed by atoms with van der Waals surface area (Å²) in [7, 11) is 3.15. The first kappa shape index (κ1) is 18.9. The zero-order valence-electron chi connectivity index (χ0n) is 15.8. The molecule has 7 heteroatoms. The van der Waals surface area contributed by atoms with E-state index in [9.17, 15) is 9.59 Å². The van der Waals surface area contributed by atoms with Crippen molar-refractivity contribution >= 4 is 5.91 Å². The van der Waals surface area contributed by atoms with E-state index < -0.39 is 0 Å². The number of hydrogen-bond acceptors (Lipinski definition) is 5. The fourth-order valence-corrected chi connectivity index (χ4v) is 3.26. The average Bonchev–Trinajstić information content (AvgIpc) is 2.98. The van der Waals surface area contributed by atoms with Crippen LogP contribution in [0.15, 0.2) is 35.1 Å². The van der Waals surface area contributed by atoms with Gasteiger partial charge < -0.3 is 14.4 Å². The molecule has 1 aromatic heterocycles. The summed E-state index contributed by atoms with van der Waals surface area (Å²) in [5, 5.41) is 4.40. The van der Waals surface area contributed by atoms with Crippen molar-refractivity contribution in [3.05, 3.63) is 40.7 Å². The predicted octanol–water partition coefficient (Wildman–Crippen LogP) is 2.33. The normalized spacial score (nSPS) is 14.5. The molecule has 0 unspecified atom stereocenters. The number of aromatic nitrogens is 2. The molecule has 2 aromatic rings. The van der Waals surface area contributed by atoms with Gasteiger partial charge in [-0.1, -0.05) is 12.8 Å². The van der Waals surface area contributed by atoms with Crippen molar-refractivity contribution in [2.24, 2.45) is 0 Å². The standard InChI is InChI=1S/C20H25N3O4/c1-26-15-7-8-16(18(13-15)27-2)17-9-10-19(24)23(21-17)14-20(25)22-11-5-3-4-6-12-22/h7-10,13H,3-6,11-12,14H2,1-2H3. The molecule has 1 amide bonds. The van der Waals surface area contributed by atoms with Crippen LogP contribution in [0.4, 0.5) is 0 Å². The van der Waals surface area contributed by atoms with Gasteiger partial charge in [-0.15, -0.1) is 0 Å². The number of nitrogens with zero attached hydrogens (tertiary/aromatic N) is 3. The Hall–Kier alpha value is -2.83. The Labute approximate surface area is 158 Å². The maximum Gasteiger partial charge on any atom is 0.267 e. The predicted molar refractivity (Wildman–Crippen MR) is 102 cm³/mol. The summed E-state index contributed by atoms with van der Waals surface area (Å²) in [6, 6.07) is 8.46. The van der Waals surface area contributed by atoms with Crippen molar-refractivity contribution in [3.8, 4) is 22.8 Å². The van der Waals surface area contributed by atoms with Crippen LogP contribution in [0.2, 0.25) is 0 Å². The van der Waals surface area contributed by atoms with Gasteiger partial charge in [0.05, 0.1) is 19.9 Å². The van der Waals surface area contributed by atoms with E-state index in [0.29, 0.717) is 17.2 Å². The van der Waals surface area contributed by atoms with Crippen LogP contribution in [-0.2, 0) is 11.3 Å². The molecular formula is C20H25N3O4. The molecule has 1 saturated heterocycles. The minimum atomic E-state index is -0.297. The van der Waals surface area contributed by atoms with Crippen LogP contribution in [0.3, 0.4) is 0 Å². The lowest BCUT2D eigenvalue weighted by molar-refractivity contribution is -0.132. The molecule has 0 bridgehead atoms. The number of methoxy groups -OCH3 is 2. The number of carbonyl (C=O) groups is 1. The summed E-state index contributed by atoms with van der Waals surface area (Å²) in [5.41, 5.74) is 1.00. The lowest BCUT2D eigenvalue weighted by Crippen LogP contribution is -2.37. The number of carbonyl (C=O) groups excluding carboxylic acids is 1. The Morgan fingerprint density at radius 2 is 1.78 bits per heavy atom. The molecule has 27 heavy (non-hydrogen) atoms. The topological polar surface area (TPSA) is 73.7 Å². The lowest BCUT2D eigenvalue weighted by Gasteiger charge is -2.20. The second kappa shape index (κ2) is 8.70. The van der Waals surface area contributed by atoms with E-state index >= 15 is 0 Å². The van der Waals surface area contributed by atoms with E-state index in [0.717, 1.165) is 44.3 Å². The highest BCUT2D eigenvalue weighted by Gasteiger charge is 2.18. The summed E-state index contributed by atoms with van der Waals surface area (Å²) in [6.07, 6.45) is 4.32. The highest BCUT2D eigenvalue weighted by atomic mass is 16.5. The van der Waals surface area contributed by atoms with Gasteiger partial charge in [0.25, 0.3) is 5.56 Å².